The number of hydrogen-bond donors (Lipinski definition) is 2. The summed E-state index contributed by atoms with van der Waals surface area (Å²) in [5.74, 6) is -0.177. The van der Waals surface area contributed by atoms with Crippen molar-refractivity contribution in [3.8, 4) is 0 Å². The van der Waals surface area contributed by atoms with Crippen molar-refractivity contribution in [2.45, 2.75) is 24.9 Å². The Kier molecular flexibility index (Phi) is 1.46. The van der Waals surface area contributed by atoms with Crippen molar-refractivity contribution in [2.75, 3.05) is 0 Å². The summed E-state index contributed by atoms with van der Waals surface area (Å²) in [6.07, 6.45) is 6.03. The lowest BCUT2D eigenvalue weighted by Crippen LogP contribution is -2.34. The zero-order valence-electron chi connectivity index (χ0n) is 6.16. The van der Waals surface area contributed by atoms with E-state index in [-0.39, 0.29) is 6.04 Å². The Morgan fingerprint density at radius 3 is 3.09 bits per heavy atom. The number of carboxylic acids is 1. The first-order valence-corrected chi connectivity index (χ1v) is 3.93. The first kappa shape index (κ1) is 6.85. The maximum Gasteiger partial charge on any atom is 0.320 e. The van der Waals surface area contributed by atoms with E-state index >= 15 is 0 Å². The van der Waals surface area contributed by atoms with Crippen LogP contribution in [0, 0.1) is 5.92 Å². The molecule has 3 nitrogen and oxygen atoms in total. The third-order valence-corrected chi connectivity index (χ3v) is 2.52. The number of nitrogens with one attached hydrogen (secondary N) is 1. The van der Waals surface area contributed by atoms with Crippen molar-refractivity contribution in [3.63, 3.8) is 0 Å². The minimum Gasteiger partial charge on any atom is -0.480 e. The van der Waals surface area contributed by atoms with Crippen LogP contribution in [0.2, 0.25) is 0 Å². The molecule has 1 fully saturated rings. The van der Waals surface area contributed by atoms with E-state index in [0.29, 0.717) is 12.0 Å². The molecule has 0 amide bonds. The van der Waals surface area contributed by atoms with Crippen LogP contribution in [0.5, 0.6) is 0 Å². The third-order valence-electron chi connectivity index (χ3n) is 2.52. The fourth-order valence-corrected chi connectivity index (χ4v) is 1.91. The average Bonchev–Trinajstić information content (AvgIpc) is 2.40. The van der Waals surface area contributed by atoms with Crippen LogP contribution in [-0.2, 0) is 4.79 Å². The fraction of sp³-hybridized carbons (Fsp3) is 0.625. The maximum absolute atomic E-state index is 10.5. The normalized spacial score (nSPS) is 40.9. The molecule has 0 saturated carbocycles. The second-order valence-corrected chi connectivity index (χ2v) is 3.24. The van der Waals surface area contributed by atoms with E-state index in [1.807, 2.05) is 0 Å². The Morgan fingerprint density at radius 2 is 2.45 bits per heavy atom. The highest BCUT2D eigenvalue weighted by atomic mass is 16.4. The van der Waals surface area contributed by atoms with Gasteiger partial charge in [-0.1, -0.05) is 12.2 Å². The molecule has 0 bridgehead atoms. The van der Waals surface area contributed by atoms with Gasteiger partial charge in [0.05, 0.1) is 0 Å². The summed E-state index contributed by atoms with van der Waals surface area (Å²) < 4.78 is 0. The molecule has 2 aliphatic rings. The standard InChI is InChI=1S/C8H11NO2/c10-8(11)7-4-5-2-1-3-6(5)9-7/h1,3,5-7,9H,2,4H2,(H,10,11). The molecule has 3 unspecified atom stereocenters. The van der Waals surface area contributed by atoms with E-state index < -0.39 is 5.97 Å². The topological polar surface area (TPSA) is 49.3 Å². The first-order chi connectivity index (χ1) is 5.27. The average molecular weight is 153 g/mol. The van der Waals surface area contributed by atoms with Crippen LogP contribution in [0.1, 0.15) is 12.8 Å². The number of carboxylic acid groups (broad SMARTS) is 1. The zero-order valence-corrected chi connectivity index (χ0v) is 6.16. The molecular formula is C8H11NO2. The Hall–Kier alpha value is -0.830. The lowest BCUT2D eigenvalue weighted by molar-refractivity contribution is -0.139. The van der Waals surface area contributed by atoms with Crippen LogP contribution in [-0.4, -0.2) is 23.2 Å². The van der Waals surface area contributed by atoms with Crippen molar-refractivity contribution in [2.24, 2.45) is 5.92 Å². The molecule has 60 valence electrons. The van der Waals surface area contributed by atoms with Gasteiger partial charge in [-0.2, -0.15) is 0 Å². The molecule has 0 spiro atoms. The molecule has 0 radical (unpaired) electrons. The highest BCUT2D eigenvalue weighted by Gasteiger charge is 2.37. The Balaban J connectivity index is 2.04. The molecule has 1 aliphatic heterocycles. The number of fused-ring (bicyclic) bond motifs is 1. The van der Waals surface area contributed by atoms with Gasteiger partial charge in [0.1, 0.15) is 6.04 Å². The largest absolute Gasteiger partial charge is 0.480 e. The van der Waals surface area contributed by atoms with Crippen LogP contribution in [0.15, 0.2) is 12.2 Å². The smallest absolute Gasteiger partial charge is 0.320 e. The molecule has 3 heteroatoms. The molecule has 0 aromatic heterocycles. The summed E-state index contributed by atoms with van der Waals surface area (Å²) in [5, 5.41) is 11.7. The summed E-state index contributed by atoms with van der Waals surface area (Å²) >= 11 is 0. The predicted molar refractivity (Wildman–Crippen MR) is 40.2 cm³/mol. The van der Waals surface area contributed by atoms with Gasteiger partial charge in [0.2, 0.25) is 0 Å². The molecule has 1 saturated heterocycles. The SMILES string of the molecule is O=C(O)C1CC2CC=CC2N1. The molecule has 0 aromatic carbocycles. The molecule has 11 heavy (non-hydrogen) atoms. The van der Waals surface area contributed by atoms with E-state index in [2.05, 4.69) is 17.5 Å². The number of allylic oxidation sites excluding steroid dienone is 1. The molecule has 0 aromatic rings. The van der Waals surface area contributed by atoms with Gasteiger partial charge in [-0.25, -0.2) is 0 Å². The highest BCUT2D eigenvalue weighted by molar-refractivity contribution is 5.74. The van der Waals surface area contributed by atoms with Gasteiger partial charge in [0.25, 0.3) is 0 Å². The Bertz CT molecular complexity index is 212. The van der Waals surface area contributed by atoms with Gasteiger partial charge in [0.15, 0.2) is 0 Å². The van der Waals surface area contributed by atoms with Crippen molar-refractivity contribution < 1.29 is 9.90 Å². The van der Waals surface area contributed by atoms with E-state index in [4.69, 9.17) is 5.11 Å². The van der Waals surface area contributed by atoms with Crippen LogP contribution in [0.3, 0.4) is 0 Å². The third kappa shape index (κ3) is 1.05. The second kappa shape index (κ2) is 2.34. The van der Waals surface area contributed by atoms with Crippen molar-refractivity contribution in [3.05, 3.63) is 12.2 Å². The van der Waals surface area contributed by atoms with E-state index in [9.17, 15) is 4.79 Å². The quantitative estimate of drug-likeness (QED) is 0.535. The van der Waals surface area contributed by atoms with Crippen LogP contribution < -0.4 is 5.32 Å². The maximum atomic E-state index is 10.5. The summed E-state index contributed by atoms with van der Waals surface area (Å²) in [4.78, 5) is 10.5. The molecule has 1 aliphatic carbocycles. The van der Waals surface area contributed by atoms with Crippen molar-refractivity contribution >= 4 is 5.97 Å². The fourth-order valence-electron chi connectivity index (χ4n) is 1.91. The Morgan fingerprint density at radius 1 is 1.64 bits per heavy atom. The molecular weight excluding hydrogens is 142 g/mol. The van der Waals surface area contributed by atoms with E-state index in [1.54, 1.807) is 0 Å². The monoisotopic (exact) mass is 153 g/mol. The van der Waals surface area contributed by atoms with E-state index in [1.165, 1.54) is 0 Å². The lowest BCUT2D eigenvalue weighted by atomic mass is 10.0. The van der Waals surface area contributed by atoms with Crippen LogP contribution >= 0.6 is 0 Å². The summed E-state index contributed by atoms with van der Waals surface area (Å²) in [7, 11) is 0. The van der Waals surface area contributed by atoms with E-state index in [0.717, 1.165) is 12.8 Å². The van der Waals surface area contributed by atoms with Gasteiger partial charge in [-0.05, 0) is 18.8 Å². The summed E-state index contributed by atoms with van der Waals surface area (Å²) in [6.45, 7) is 0. The molecule has 2 rings (SSSR count). The predicted octanol–water partition coefficient (Wildman–Crippen LogP) is 0.378. The Labute approximate surface area is 65.1 Å². The number of aliphatic carboxylic acids is 1. The molecule has 1 heterocycles. The number of rotatable bonds is 1. The van der Waals surface area contributed by atoms with Crippen molar-refractivity contribution in [1.29, 1.82) is 0 Å². The first-order valence-electron chi connectivity index (χ1n) is 3.93. The minimum atomic E-state index is -0.715. The van der Waals surface area contributed by atoms with Gasteiger partial charge in [-0.15, -0.1) is 0 Å². The second-order valence-electron chi connectivity index (χ2n) is 3.24. The summed E-state index contributed by atoms with van der Waals surface area (Å²) in [6, 6.07) is 0.0195. The number of carbonyl (C=O) groups is 1. The highest BCUT2D eigenvalue weighted by Crippen LogP contribution is 2.29. The van der Waals surface area contributed by atoms with Gasteiger partial charge < -0.3 is 5.11 Å². The van der Waals surface area contributed by atoms with Gasteiger partial charge >= 0.3 is 5.97 Å². The van der Waals surface area contributed by atoms with Crippen LogP contribution in [0.4, 0.5) is 0 Å². The van der Waals surface area contributed by atoms with Gasteiger partial charge in [0, 0.05) is 6.04 Å². The van der Waals surface area contributed by atoms with Gasteiger partial charge in [-0.3, -0.25) is 10.1 Å². The van der Waals surface area contributed by atoms with Crippen LogP contribution in [0.25, 0.3) is 0 Å². The number of hydrogen-bond acceptors (Lipinski definition) is 2. The molecule has 3 atom stereocenters. The summed E-state index contributed by atoms with van der Waals surface area (Å²) in [5.41, 5.74) is 0. The minimum absolute atomic E-state index is 0.310. The lowest BCUT2D eigenvalue weighted by Gasteiger charge is -2.05. The van der Waals surface area contributed by atoms with Crippen molar-refractivity contribution in [1.82, 2.24) is 5.32 Å². The molecule has 2 N–H and O–H groups in total. The zero-order chi connectivity index (χ0) is 7.84.